The van der Waals surface area contributed by atoms with Crippen molar-refractivity contribution in [1.29, 1.82) is 0 Å². The highest BCUT2D eigenvalue weighted by Crippen LogP contribution is 2.27. The van der Waals surface area contributed by atoms with Crippen molar-refractivity contribution in [3.05, 3.63) is 77.9 Å². The van der Waals surface area contributed by atoms with Crippen molar-refractivity contribution in [2.45, 2.75) is 32.2 Å². The highest BCUT2D eigenvalue weighted by Gasteiger charge is 2.28. The molecule has 0 radical (unpaired) electrons. The van der Waals surface area contributed by atoms with E-state index < -0.39 is 0 Å². The average molecular weight is 361 g/mol. The molecule has 0 saturated carbocycles. The lowest BCUT2D eigenvalue weighted by Gasteiger charge is -2.32. The van der Waals surface area contributed by atoms with Crippen LogP contribution in [0.3, 0.4) is 0 Å². The van der Waals surface area contributed by atoms with Gasteiger partial charge in [0.25, 0.3) is 5.91 Å². The van der Waals surface area contributed by atoms with Crippen molar-refractivity contribution in [3.8, 4) is 0 Å². The van der Waals surface area contributed by atoms with Gasteiger partial charge in [0.2, 0.25) is 0 Å². The molecular formula is C21H23N5O. The molecular weight excluding hydrogens is 338 g/mol. The van der Waals surface area contributed by atoms with E-state index in [0.29, 0.717) is 12.1 Å². The molecule has 4 heterocycles. The summed E-state index contributed by atoms with van der Waals surface area (Å²) in [4.78, 5) is 27.7. The Hall–Kier alpha value is -3.02. The largest absolute Gasteiger partial charge is 0.338 e. The Bertz CT molecular complexity index is 904. The fraction of sp³-hybridized carbons (Fsp3) is 0.333. The van der Waals surface area contributed by atoms with Gasteiger partial charge in [-0.25, -0.2) is 4.98 Å². The number of aryl methyl sites for hydroxylation is 1. The molecule has 1 amide bonds. The van der Waals surface area contributed by atoms with E-state index in [1.165, 1.54) is 5.56 Å². The second-order valence-corrected chi connectivity index (χ2v) is 7.05. The lowest BCUT2D eigenvalue weighted by atomic mass is 9.96. The molecule has 1 fully saturated rings. The molecule has 6 heteroatoms. The van der Waals surface area contributed by atoms with E-state index in [1.54, 1.807) is 6.20 Å². The zero-order valence-electron chi connectivity index (χ0n) is 15.5. The first-order valence-corrected chi connectivity index (χ1v) is 9.32. The summed E-state index contributed by atoms with van der Waals surface area (Å²) in [7, 11) is 0. The van der Waals surface area contributed by atoms with Gasteiger partial charge in [0.05, 0.1) is 5.56 Å². The number of rotatable bonds is 4. The molecule has 0 spiro atoms. The van der Waals surface area contributed by atoms with Crippen LogP contribution >= 0.6 is 0 Å². The molecule has 27 heavy (non-hydrogen) atoms. The molecule has 0 bridgehead atoms. The normalized spacial score (nSPS) is 17.1. The third kappa shape index (κ3) is 3.89. The fourth-order valence-electron chi connectivity index (χ4n) is 3.65. The lowest BCUT2D eigenvalue weighted by Crippen LogP contribution is -2.39. The minimum absolute atomic E-state index is 0.0550. The molecule has 0 aromatic carbocycles. The zero-order valence-corrected chi connectivity index (χ0v) is 15.5. The SMILES string of the molecule is Cc1ccc(C(=O)N2CCC[C@H](c3nccn3Cc3ccncc3)C2)cn1. The molecule has 0 N–H and O–H groups in total. The Labute approximate surface area is 158 Å². The Balaban J connectivity index is 1.50. The number of nitrogens with zero attached hydrogens (tertiary/aromatic N) is 5. The Morgan fingerprint density at radius 3 is 2.78 bits per heavy atom. The van der Waals surface area contributed by atoms with E-state index in [1.807, 2.05) is 60.9 Å². The average Bonchev–Trinajstić information content (AvgIpc) is 3.17. The second kappa shape index (κ2) is 7.70. The number of hydrogen-bond acceptors (Lipinski definition) is 4. The van der Waals surface area contributed by atoms with Gasteiger partial charge in [0.1, 0.15) is 5.82 Å². The third-order valence-corrected chi connectivity index (χ3v) is 5.08. The summed E-state index contributed by atoms with van der Waals surface area (Å²) >= 11 is 0. The summed E-state index contributed by atoms with van der Waals surface area (Å²) in [5, 5.41) is 0. The molecule has 3 aromatic heterocycles. The van der Waals surface area contributed by atoms with Crippen LogP contribution in [0.2, 0.25) is 0 Å². The number of likely N-dealkylation sites (tertiary alicyclic amines) is 1. The number of hydrogen-bond donors (Lipinski definition) is 0. The topological polar surface area (TPSA) is 63.9 Å². The smallest absolute Gasteiger partial charge is 0.255 e. The molecule has 4 rings (SSSR count). The van der Waals surface area contributed by atoms with Crippen molar-refractivity contribution in [2.75, 3.05) is 13.1 Å². The van der Waals surface area contributed by atoms with E-state index in [0.717, 1.165) is 37.4 Å². The van der Waals surface area contributed by atoms with E-state index in [9.17, 15) is 4.79 Å². The minimum Gasteiger partial charge on any atom is -0.338 e. The van der Waals surface area contributed by atoms with Gasteiger partial charge < -0.3 is 9.47 Å². The number of piperidine rings is 1. The molecule has 1 atom stereocenters. The van der Waals surface area contributed by atoms with Crippen LogP contribution in [0.5, 0.6) is 0 Å². The van der Waals surface area contributed by atoms with Crippen LogP contribution in [0, 0.1) is 6.92 Å². The van der Waals surface area contributed by atoms with Gasteiger partial charge in [-0.1, -0.05) is 0 Å². The predicted molar refractivity (Wildman–Crippen MR) is 102 cm³/mol. The number of aromatic nitrogens is 4. The Morgan fingerprint density at radius 1 is 1.15 bits per heavy atom. The van der Waals surface area contributed by atoms with Crippen molar-refractivity contribution in [1.82, 2.24) is 24.4 Å². The quantitative estimate of drug-likeness (QED) is 0.716. The first-order chi connectivity index (χ1) is 13.2. The Morgan fingerprint density at radius 2 is 2.00 bits per heavy atom. The molecule has 0 aliphatic carbocycles. The monoisotopic (exact) mass is 361 g/mol. The molecule has 0 unspecified atom stereocenters. The maximum absolute atomic E-state index is 12.9. The maximum Gasteiger partial charge on any atom is 0.255 e. The number of carbonyl (C=O) groups excluding carboxylic acids is 1. The van der Waals surface area contributed by atoms with Crippen molar-refractivity contribution in [2.24, 2.45) is 0 Å². The molecule has 1 aliphatic heterocycles. The highest BCUT2D eigenvalue weighted by atomic mass is 16.2. The standard InChI is InChI=1S/C21H23N5O/c1-16-4-5-18(13-24-16)21(27)26-11-2-3-19(15-26)20-23-10-12-25(20)14-17-6-8-22-9-7-17/h4-10,12-13,19H,2-3,11,14-15H2,1H3/t19-/m0/s1. The first-order valence-electron chi connectivity index (χ1n) is 9.32. The van der Waals surface area contributed by atoms with Gasteiger partial charge in [-0.05, 0) is 49.6 Å². The van der Waals surface area contributed by atoms with Crippen LogP contribution in [0.15, 0.2) is 55.2 Å². The van der Waals surface area contributed by atoms with Crippen LogP contribution in [0.1, 0.15) is 46.2 Å². The third-order valence-electron chi connectivity index (χ3n) is 5.08. The maximum atomic E-state index is 12.9. The van der Waals surface area contributed by atoms with Crippen LogP contribution in [-0.4, -0.2) is 43.4 Å². The van der Waals surface area contributed by atoms with Gasteiger partial charge in [-0.3, -0.25) is 14.8 Å². The van der Waals surface area contributed by atoms with Crippen molar-refractivity contribution < 1.29 is 4.79 Å². The molecule has 138 valence electrons. The lowest BCUT2D eigenvalue weighted by molar-refractivity contribution is 0.0703. The molecule has 3 aromatic rings. The van der Waals surface area contributed by atoms with E-state index in [2.05, 4.69) is 19.5 Å². The zero-order chi connectivity index (χ0) is 18.6. The summed E-state index contributed by atoms with van der Waals surface area (Å²) in [6.07, 6.45) is 11.2. The van der Waals surface area contributed by atoms with E-state index in [-0.39, 0.29) is 11.8 Å². The summed E-state index contributed by atoms with van der Waals surface area (Å²) < 4.78 is 2.18. The van der Waals surface area contributed by atoms with Gasteiger partial charge in [0.15, 0.2) is 0 Å². The van der Waals surface area contributed by atoms with Gasteiger partial charge in [-0.2, -0.15) is 0 Å². The van der Waals surface area contributed by atoms with Crippen molar-refractivity contribution >= 4 is 5.91 Å². The number of imidazole rings is 1. The fourth-order valence-corrected chi connectivity index (χ4v) is 3.65. The van der Waals surface area contributed by atoms with E-state index >= 15 is 0 Å². The molecule has 1 saturated heterocycles. The summed E-state index contributed by atoms with van der Waals surface area (Å²) in [5.74, 6) is 1.35. The second-order valence-electron chi connectivity index (χ2n) is 7.05. The first kappa shape index (κ1) is 17.4. The Kier molecular flexibility index (Phi) is 4.96. The summed E-state index contributed by atoms with van der Waals surface area (Å²) in [6.45, 7) is 4.17. The van der Waals surface area contributed by atoms with Gasteiger partial charge in [-0.15, -0.1) is 0 Å². The predicted octanol–water partition coefficient (Wildman–Crippen LogP) is 3.05. The van der Waals surface area contributed by atoms with Crippen LogP contribution in [-0.2, 0) is 6.54 Å². The van der Waals surface area contributed by atoms with Gasteiger partial charge in [0, 0.05) is 62.2 Å². The van der Waals surface area contributed by atoms with Crippen molar-refractivity contribution in [3.63, 3.8) is 0 Å². The highest BCUT2D eigenvalue weighted by molar-refractivity contribution is 5.94. The number of pyridine rings is 2. The summed E-state index contributed by atoms with van der Waals surface area (Å²) in [5.41, 5.74) is 2.77. The van der Waals surface area contributed by atoms with Crippen LogP contribution in [0.25, 0.3) is 0 Å². The number of carbonyl (C=O) groups is 1. The van der Waals surface area contributed by atoms with Gasteiger partial charge >= 0.3 is 0 Å². The number of amides is 1. The van der Waals surface area contributed by atoms with Crippen LogP contribution in [0.4, 0.5) is 0 Å². The molecule has 1 aliphatic rings. The van der Waals surface area contributed by atoms with Crippen LogP contribution < -0.4 is 0 Å². The molecule has 6 nitrogen and oxygen atoms in total. The minimum atomic E-state index is 0.0550. The summed E-state index contributed by atoms with van der Waals surface area (Å²) in [6, 6.07) is 7.78. The van der Waals surface area contributed by atoms with E-state index in [4.69, 9.17) is 0 Å².